The van der Waals surface area contributed by atoms with Crippen LogP contribution in [0.2, 0.25) is 5.02 Å². The lowest BCUT2D eigenvalue weighted by atomic mass is 9.94. The highest BCUT2D eigenvalue weighted by Gasteiger charge is 2.26. The molecule has 1 aromatic rings. The Kier molecular flexibility index (Phi) is 6.96. The third-order valence-corrected chi connectivity index (χ3v) is 5.38. The van der Waals surface area contributed by atoms with E-state index in [1.165, 1.54) is 0 Å². The van der Waals surface area contributed by atoms with E-state index in [0.717, 1.165) is 58.5 Å². The molecule has 1 N–H and O–H groups in total. The van der Waals surface area contributed by atoms with Crippen molar-refractivity contribution < 1.29 is 14.3 Å². The molecule has 25 heavy (non-hydrogen) atoms. The van der Waals surface area contributed by atoms with Crippen LogP contribution in [0.4, 0.5) is 0 Å². The SMILES string of the molecule is O=C(COc1ccc(Cl)cc1)NCC1CCN(C2CCOCC2)CC1. The Balaban J connectivity index is 1.31. The first-order valence-corrected chi connectivity index (χ1v) is 9.55. The first kappa shape index (κ1) is 18.5. The van der Waals surface area contributed by atoms with Gasteiger partial charge in [-0.3, -0.25) is 4.79 Å². The number of hydrogen-bond donors (Lipinski definition) is 1. The Morgan fingerprint density at radius 3 is 2.52 bits per heavy atom. The first-order chi connectivity index (χ1) is 12.2. The molecule has 2 aliphatic rings. The number of piperidine rings is 1. The van der Waals surface area contributed by atoms with Gasteiger partial charge in [-0.05, 0) is 69.0 Å². The number of likely N-dealkylation sites (tertiary alicyclic amines) is 1. The topological polar surface area (TPSA) is 50.8 Å². The second-order valence-electron chi connectivity index (χ2n) is 6.87. The number of halogens is 1. The summed E-state index contributed by atoms with van der Waals surface area (Å²) in [6, 6.07) is 7.72. The minimum Gasteiger partial charge on any atom is -0.484 e. The van der Waals surface area contributed by atoms with Crippen LogP contribution in [0.15, 0.2) is 24.3 Å². The molecule has 0 spiro atoms. The van der Waals surface area contributed by atoms with Gasteiger partial charge in [-0.1, -0.05) is 11.6 Å². The molecular weight excluding hydrogens is 340 g/mol. The zero-order valence-electron chi connectivity index (χ0n) is 14.6. The van der Waals surface area contributed by atoms with E-state index in [9.17, 15) is 4.79 Å². The molecule has 6 heteroatoms. The number of ether oxygens (including phenoxy) is 2. The monoisotopic (exact) mass is 366 g/mol. The molecule has 2 heterocycles. The van der Waals surface area contributed by atoms with E-state index in [-0.39, 0.29) is 12.5 Å². The molecule has 138 valence electrons. The summed E-state index contributed by atoms with van der Waals surface area (Å²) in [6.07, 6.45) is 4.61. The van der Waals surface area contributed by atoms with Crippen LogP contribution < -0.4 is 10.1 Å². The summed E-state index contributed by atoms with van der Waals surface area (Å²) in [4.78, 5) is 14.6. The lowest BCUT2D eigenvalue weighted by molar-refractivity contribution is -0.123. The Morgan fingerprint density at radius 2 is 1.84 bits per heavy atom. The fraction of sp³-hybridized carbons (Fsp3) is 0.632. The number of carbonyl (C=O) groups excluding carboxylic acids is 1. The van der Waals surface area contributed by atoms with Gasteiger partial charge in [0.15, 0.2) is 6.61 Å². The third kappa shape index (κ3) is 5.87. The van der Waals surface area contributed by atoms with Gasteiger partial charge in [-0.15, -0.1) is 0 Å². The van der Waals surface area contributed by atoms with Crippen LogP contribution in [0.3, 0.4) is 0 Å². The van der Waals surface area contributed by atoms with E-state index in [1.807, 2.05) is 0 Å². The van der Waals surface area contributed by atoms with Crippen molar-refractivity contribution in [1.29, 1.82) is 0 Å². The molecule has 2 fully saturated rings. The van der Waals surface area contributed by atoms with Gasteiger partial charge in [0.2, 0.25) is 0 Å². The highest BCUT2D eigenvalue weighted by Crippen LogP contribution is 2.22. The van der Waals surface area contributed by atoms with Gasteiger partial charge in [0, 0.05) is 30.8 Å². The van der Waals surface area contributed by atoms with Crippen LogP contribution in [-0.2, 0) is 9.53 Å². The lowest BCUT2D eigenvalue weighted by Crippen LogP contribution is -2.46. The van der Waals surface area contributed by atoms with Gasteiger partial charge in [-0.2, -0.15) is 0 Å². The Bertz CT molecular complexity index is 538. The van der Waals surface area contributed by atoms with E-state index in [2.05, 4.69) is 10.2 Å². The quantitative estimate of drug-likeness (QED) is 0.841. The number of hydrogen-bond acceptors (Lipinski definition) is 4. The van der Waals surface area contributed by atoms with E-state index < -0.39 is 0 Å². The van der Waals surface area contributed by atoms with Gasteiger partial charge in [-0.25, -0.2) is 0 Å². The molecule has 0 radical (unpaired) electrons. The van der Waals surface area contributed by atoms with Crippen LogP contribution in [-0.4, -0.2) is 56.3 Å². The molecule has 2 saturated heterocycles. The van der Waals surface area contributed by atoms with Gasteiger partial charge < -0.3 is 19.7 Å². The summed E-state index contributed by atoms with van der Waals surface area (Å²) in [7, 11) is 0. The molecule has 5 nitrogen and oxygen atoms in total. The lowest BCUT2D eigenvalue weighted by Gasteiger charge is -2.39. The van der Waals surface area contributed by atoms with Crippen molar-refractivity contribution in [2.24, 2.45) is 5.92 Å². The third-order valence-electron chi connectivity index (χ3n) is 5.13. The number of carbonyl (C=O) groups is 1. The van der Waals surface area contributed by atoms with Crippen molar-refractivity contribution in [2.45, 2.75) is 31.7 Å². The second kappa shape index (κ2) is 9.41. The summed E-state index contributed by atoms with van der Waals surface area (Å²) >= 11 is 5.83. The normalized spacial score (nSPS) is 20.4. The van der Waals surface area contributed by atoms with E-state index in [0.29, 0.717) is 22.7 Å². The Morgan fingerprint density at radius 1 is 1.16 bits per heavy atom. The maximum absolute atomic E-state index is 12.0. The van der Waals surface area contributed by atoms with Crippen molar-refractivity contribution in [3.63, 3.8) is 0 Å². The maximum Gasteiger partial charge on any atom is 0.257 e. The van der Waals surface area contributed by atoms with Crippen molar-refractivity contribution in [1.82, 2.24) is 10.2 Å². The highest BCUT2D eigenvalue weighted by atomic mass is 35.5. The van der Waals surface area contributed by atoms with Crippen molar-refractivity contribution in [3.8, 4) is 5.75 Å². The van der Waals surface area contributed by atoms with Gasteiger partial charge >= 0.3 is 0 Å². The Hall–Kier alpha value is -1.30. The van der Waals surface area contributed by atoms with Gasteiger partial charge in [0.25, 0.3) is 5.91 Å². The average molecular weight is 367 g/mol. The fourth-order valence-corrected chi connectivity index (χ4v) is 3.69. The fourth-order valence-electron chi connectivity index (χ4n) is 3.56. The molecule has 0 unspecified atom stereocenters. The maximum atomic E-state index is 12.0. The zero-order chi connectivity index (χ0) is 17.5. The number of benzene rings is 1. The summed E-state index contributed by atoms with van der Waals surface area (Å²) < 4.78 is 10.9. The van der Waals surface area contributed by atoms with Crippen LogP contribution >= 0.6 is 11.6 Å². The highest BCUT2D eigenvalue weighted by molar-refractivity contribution is 6.30. The number of amides is 1. The van der Waals surface area contributed by atoms with Gasteiger partial charge in [0.1, 0.15) is 5.75 Å². The molecule has 3 rings (SSSR count). The van der Waals surface area contributed by atoms with Crippen LogP contribution in [0.5, 0.6) is 5.75 Å². The number of rotatable bonds is 6. The van der Waals surface area contributed by atoms with E-state index in [1.54, 1.807) is 24.3 Å². The van der Waals surface area contributed by atoms with Crippen molar-refractivity contribution >= 4 is 17.5 Å². The predicted octanol–water partition coefficient (Wildman–Crippen LogP) is 2.73. The zero-order valence-corrected chi connectivity index (χ0v) is 15.3. The molecule has 0 bridgehead atoms. The van der Waals surface area contributed by atoms with E-state index in [4.69, 9.17) is 21.1 Å². The summed E-state index contributed by atoms with van der Waals surface area (Å²) in [6.45, 7) is 4.84. The second-order valence-corrected chi connectivity index (χ2v) is 7.31. The van der Waals surface area contributed by atoms with Crippen molar-refractivity contribution in [2.75, 3.05) is 39.5 Å². The van der Waals surface area contributed by atoms with Crippen molar-refractivity contribution in [3.05, 3.63) is 29.3 Å². The molecular formula is C19H27ClN2O3. The van der Waals surface area contributed by atoms with Gasteiger partial charge in [0.05, 0.1) is 0 Å². The number of nitrogens with one attached hydrogen (secondary N) is 1. The standard InChI is InChI=1S/C19H27ClN2O3/c20-16-1-3-18(4-2-16)25-14-19(23)21-13-15-5-9-22(10-6-15)17-7-11-24-12-8-17/h1-4,15,17H,5-14H2,(H,21,23). The largest absolute Gasteiger partial charge is 0.484 e. The average Bonchev–Trinajstić information content (AvgIpc) is 2.67. The van der Waals surface area contributed by atoms with Crippen LogP contribution in [0.1, 0.15) is 25.7 Å². The smallest absolute Gasteiger partial charge is 0.257 e. The summed E-state index contributed by atoms with van der Waals surface area (Å²) in [5.41, 5.74) is 0. The summed E-state index contributed by atoms with van der Waals surface area (Å²) in [5, 5.41) is 3.66. The molecule has 0 aromatic heterocycles. The predicted molar refractivity (Wildman–Crippen MR) is 98.1 cm³/mol. The molecule has 0 aliphatic carbocycles. The van der Waals surface area contributed by atoms with Crippen LogP contribution in [0.25, 0.3) is 0 Å². The molecule has 2 aliphatic heterocycles. The Labute approximate surface area is 154 Å². The minimum atomic E-state index is -0.0678. The number of nitrogens with zero attached hydrogens (tertiary/aromatic N) is 1. The first-order valence-electron chi connectivity index (χ1n) is 9.17. The van der Waals surface area contributed by atoms with E-state index >= 15 is 0 Å². The molecule has 1 aromatic carbocycles. The minimum absolute atomic E-state index is 0.0442. The molecule has 0 saturated carbocycles. The summed E-state index contributed by atoms with van der Waals surface area (Å²) in [5.74, 6) is 1.15. The molecule has 0 atom stereocenters. The van der Waals surface area contributed by atoms with Crippen LogP contribution in [0, 0.1) is 5.92 Å². The molecule has 1 amide bonds.